The van der Waals surface area contributed by atoms with Crippen molar-refractivity contribution in [3.8, 4) is 11.4 Å². The van der Waals surface area contributed by atoms with Gasteiger partial charge in [-0.25, -0.2) is 19.3 Å². The molecular formula is C20H25FN5O2PS. The first-order valence-corrected chi connectivity index (χ1v) is 11.0. The summed E-state index contributed by atoms with van der Waals surface area (Å²) in [7, 11) is 4.50. The van der Waals surface area contributed by atoms with Crippen LogP contribution in [0.25, 0.3) is 22.4 Å². The fourth-order valence-electron chi connectivity index (χ4n) is 3.04. The van der Waals surface area contributed by atoms with Crippen molar-refractivity contribution >= 4 is 49.1 Å². The Hall–Kier alpha value is -2.25. The number of nitrogens with one attached hydrogen (secondary N) is 1. The fraction of sp³-hybridized carbons (Fsp3) is 0.400. The fourth-order valence-corrected chi connectivity index (χ4v) is 4.38. The smallest absolute Gasteiger partial charge is 0.308 e. The number of carboxylic acid groups (broad SMARTS) is 1. The molecule has 3 aromatic heterocycles. The number of aromatic amines is 1. The molecule has 3 heterocycles. The van der Waals surface area contributed by atoms with Crippen molar-refractivity contribution in [3.05, 3.63) is 24.3 Å². The summed E-state index contributed by atoms with van der Waals surface area (Å²) in [6.45, 7) is 7.66. The lowest BCUT2D eigenvalue weighted by atomic mass is 10.0. The van der Waals surface area contributed by atoms with Gasteiger partial charge >= 0.3 is 5.97 Å². The molecule has 3 atom stereocenters. The summed E-state index contributed by atoms with van der Waals surface area (Å²) in [5.41, 5.74) is 1.19. The molecule has 0 aliphatic rings. The summed E-state index contributed by atoms with van der Waals surface area (Å²) in [5.74, 6) is -0.856. The maximum Gasteiger partial charge on any atom is 0.308 e. The van der Waals surface area contributed by atoms with Crippen molar-refractivity contribution in [2.75, 3.05) is 11.9 Å². The molecule has 30 heavy (non-hydrogen) atoms. The molecule has 0 saturated heterocycles. The Kier molecular flexibility index (Phi) is 6.62. The molecule has 160 valence electrons. The first-order chi connectivity index (χ1) is 14.1. The van der Waals surface area contributed by atoms with E-state index in [1.54, 1.807) is 24.9 Å². The highest BCUT2D eigenvalue weighted by Crippen LogP contribution is 2.32. The third kappa shape index (κ3) is 4.42. The van der Waals surface area contributed by atoms with E-state index in [1.807, 2.05) is 18.9 Å². The Morgan fingerprint density at radius 3 is 2.63 bits per heavy atom. The Morgan fingerprint density at radius 1 is 1.30 bits per heavy atom. The monoisotopic (exact) mass is 449 g/mol. The Balaban J connectivity index is 2.17. The lowest BCUT2D eigenvalue weighted by Gasteiger charge is -2.30. The number of aliphatic carboxylic acids is 1. The van der Waals surface area contributed by atoms with Crippen LogP contribution in [0, 0.1) is 11.7 Å². The third-order valence-corrected chi connectivity index (χ3v) is 6.78. The van der Waals surface area contributed by atoms with Crippen LogP contribution in [-0.4, -0.2) is 49.4 Å². The van der Waals surface area contributed by atoms with E-state index in [-0.39, 0.29) is 11.3 Å². The summed E-state index contributed by atoms with van der Waals surface area (Å²) < 4.78 is 13.8. The van der Waals surface area contributed by atoms with Gasteiger partial charge in [0.15, 0.2) is 5.82 Å². The molecule has 0 radical (unpaired) electrons. The number of nitrogens with zero attached hydrogens (tertiary/aromatic N) is 4. The first kappa shape index (κ1) is 22.4. The van der Waals surface area contributed by atoms with Gasteiger partial charge < -0.3 is 15.0 Å². The number of hydrogen-bond donors (Lipinski definition) is 2. The molecule has 0 aliphatic heterocycles. The van der Waals surface area contributed by atoms with E-state index in [1.165, 1.54) is 6.07 Å². The SMILES string of the molecule is CC(C)Sc1nc(-c2c[nH]c3ncc(F)cc23)nc(N(C)[C@@H](C)[C@H](C)C(=O)O)c1P. The second kappa shape index (κ2) is 8.86. The van der Waals surface area contributed by atoms with E-state index in [2.05, 4.69) is 33.1 Å². The summed E-state index contributed by atoms with van der Waals surface area (Å²) in [6, 6.07) is 1.10. The molecule has 0 saturated carbocycles. The molecule has 0 bridgehead atoms. The number of carbonyl (C=O) groups is 1. The van der Waals surface area contributed by atoms with E-state index in [4.69, 9.17) is 9.97 Å². The van der Waals surface area contributed by atoms with Crippen LogP contribution >= 0.6 is 21.0 Å². The molecule has 0 spiro atoms. The quantitative estimate of drug-likeness (QED) is 0.323. The van der Waals surface area contributed by atoms with Crippen LogP contribution in [0.5, 0.6) is 0 Å². The van der Waals surface area contributed by atoms with Gasteiger partial charge in [0, 0.05) is 40.8 Å². The van der Waals surface area contributed by atoms with Crippen LogP contribution in [-0.2, 0) is 4.79 Å². The van der Waals surface area contributed by atoms with E-state index < -0.39 is 17.7 Å². The highest BCUT2D eigenvalue weighted by Gasteiger charge is 2.27. The van der Waals surface area contributed by atoms with E-state index >= 15 is 0 Å². The van der Waals surface area contributed by atoms with Crippen LogP contribution in [0.1, 0.15) is 27.7 Å². The van der Waals surface area contributed by atoms with Crippen molar-refractivity contribution in [1.29, 1.82) is 0 Å². The zero-order chi connectivity index (χ0) is 22.2. The van der Waals surface area contributed by atoms with Crippen molar-refractivity contribution in [3.63, 3.8) is 0 Å². The van der Waals surface area contributed by atoms with Gasteiger partial charge in [0.1, 0.15) is 22.3 Å². The van der Waals surface area contributed by atoms with Gasteiger partial charge in [-0.2, -0.15) is 0 Å². The molecule has 1 unspecified atom stereocenters. The van der Waals surface area contributed by atoms with Gasteiger partial charge in [0.25, 0.3) is 0 Å². The maximum absolute atomic E-state index is 13.8. The van der Waals surface area contributed by atoms with E-state index in [9.17, 15) is 14.3 Å². The third-order valence-electron chi connectivity index (χ3n) is 5.03. The second-order valence-electron chi connectivity index (χ2n) is 7.49. The van der Waals surface area contributed by atoms with Crippen LogP contribution in [0.4, 0.5) is 10.2 Å². The number of halogens is 1. The Labute approximate surface area is 181 Å². The Bertz CT molecular complexity index is 1090. The molecule has 3 rings (SSSR count). The molecule has 10 heteroatoms. The largest absolute Gasteiger partial charge is 0.481 e. The molecule has 0 fully saturated rings. The van der Waals surface area contributed by atoms with Gasteiger partial charge in [-0.1, -0.05) is 23.1 Å². The topological polar surface area (TPSA) is 95.0 Å². The number of pyridine rings is 1. The first-order valence-electron chi connectivity index (χ1n) is 9.53. The van der Waals surface area contributed by atoms with Gasteiger partial charge in [0.05, 0.1) is 12.1 Å². The summed E-state index contributed by atoms with van der Waals surface area (Å²) >= 11 is 1.59. The molecular weight excluding hydrogens is 424 g/mol. The highest BCUT2D eigenvalue weighted by molar-refractivity contribution is 8.00. The number of thioether (sulfide) groups is 1. The lowest BCUT2D eigenvalue weighted by molar-refractivity contribution is -0.141. The van der Waals surface area contributed by atoms with Crippen molar-refractivity contribution in [2.45, 2.75) is 44.0 Å². The van der Waals surface area contributed by atoms with Gasteiger partial charge in [-0.15, -0.1) is 11.8 Å². The zero-order valence-electron chi connectivity index (χ0n) is 17.5. The van der Waals surface area contributed by atoms with Crippen LogP contribution in [0.3, 0.4) is 0 Å². The summed E-state index contributed by atoms with van der Waals surface area (Å²) in [6.07, 6.45) is 2.87. The van der Waals surface area contributed by atoms with Crippen LogP contribution in [0.15, 0.2) is 23.5 Å². The number of aromatic nitrogens is 4. The zero-order valence-corrected chi connectivity index (χ0v) is 19.4. The molecule has 7 nitrogen and oxygen atoms in total. The van der Waals surface area contributed by atoms with Crippen LogP contribution in [0.2, 0.25) is 0 Å². The Morgan fingerprint density at radius 2 is 2.00 bits per heavy atom. The standard InChI is InChI=1S/C20H25FN5O2PS/c1-9(2)30-19-15(29)18(26(5)11(4)10(3)20(27)28)24-17(25-19)14-8-23-16-13(14)6-12(21)7-22-16/h6-11H,29H2,1-5H3,(H,22,23)(H,27,28)/t10-,11-/m0/s1. The minimum atomic E-state index is -0.871. The minimum absolute atomic E-state index is 0.280. The average molecular weight is 449 g/mol. The number of anilines is 1. The molecule has 0 aliphatic carbocycles. The average Bonchev–Trinajstić information content (AvgIpc) is 3.10. The van der Waals surface area contributed by atoms with Gasteiger partial charge in [-0.05, 0) is 19.9 Å². The van der Waals surface area contributed by atoms with Gasteiger partial charge in [-0.3, -0.25) is 4.79 Å². The van der Waals surface area contributed by atoms with Gasteiger partial charge in [0.2, 0.25) is 0 Å². The maximum atomic E-state index is 13.8. The van der Waals surface area contributed by atoms with Crippen molar-refractivity contribution < 1.29 is 14.3 Å². The second-order valence-corrected chi connectivity index (χ2v) is 9.63. The van der Waals surface area contributed by atoms with E-state index in [0.29, 0.717) is 28.2 Å². The number of H-pyrrole nitrogens is 1. The number of hydrogen-bond acceptors (Lipinski definition) is 6. The molecule has 0 amide bonds. The highest BCUT2D eigenvalue weighted by atomic mass is 32.2. The molecule has 2 N–H and O–H groups in total. The predicted molar refractivity (Wildman–Crippen MR) is 122 cm³/mol. The van der Waals surface area contributed by atoms with Crippen molar-refractivity contribution in [1.82, 2.24) is 19.9 Å². The molecule has 0 aromatic carbocycles. The van der Waals surface area contributed by atoms with Crippen molar-refractivity contribution in [2.24, 2.45) is 5.92 Å². The number of carboxylic acids is 1. The number of rotatable bonds is 7. The minimum Gasteiger partial charge on any atom is -0.481 e. The normalized spacial score (nSPS) is 13.6. The lowest BCUT2D eigenvalue weighted by Crippen LogP contribution is -2.40. The van der Waals surface area contributed by atoms with Crippen LogP contribution < -0.4 is 10.2 Å². The molecule has 3 aromatic rings. The summed E-state index contributed by atoms with van der Waals surface area (Å²) in [4.78, 5) is 29.9. The number of fused-ring (bicyclic) bond motifs is 1. The predicted octanol–water partition coefficient (Wildman–Crippen LogP) is 3.71. The van der Waals surface area contributed by atoms with E-state index in [0.717, 1.165) is 16.5 Å². The summed E-state index contributed by atoms with van der Waals surface area (Å²) in [5, 5.41) is 11.9.